The molecule has 3 aliphatic rings. The zero-order valence-electron chi connectivity index (χ0n) is 23.0. The summed E-state index contributed by atoms with van der Waals surface area (Å²) in [4.78, 5) is 26.5. The largest absolute Gasteiger partial charge is 0.496 e. The second kappa shape index (κ2) is 11.2. The second-order valence-corrected chi connectivity index (χ2v) is 12.4. The first-order chi connectivity index (χ1) is 17.5. The highest BCUT2D eigenvalue weighted by Gasteiger charge is 2.41. The van der Waals surface area contributed by atoms with Crippen molar-refractivity contribution >= 4 is 11.8 Å². The molecule has 2 N–H and O–H groups in total. The monoisotopic (exact) mass is 518 g/mol. The van der Waals surface area contributed by atoms with Gasteiger partial charge in [-0.15, -0.1) is 0 Å². The van der Waals surface area contributed by atoms with Crippen LogP contribution in [0.25, 0.3) is 0 Å². The average molecular weight is 519 g/mol. The van der Waals surface area contributed by atoms with E-state index in [-0.39, 0.29) is 46.0 Å². The van der Waals surface area contributed by atoms with Gasteiger partial charge < -0.3 is 24.8 Å². The van der Waals surface area contributed by atoms with Crippen LogP contribution in [0.15, 0.2) is 12.1 Å². The fourth-order valence-electron chi connectivity index (χ4n) is 5.91. The van der Waals surface area contributed by atoms with E-state index in [4.69, 9.17) is 14.2 Å². The molecule has 7 nitrogen and oxygen atoms in total. The minimum atomic E-state index is -0.555. The van der Waals surface area contributed by atoms with Crippen molar-refractivity contribution in [3.8, 4) is 11.5 Å². The Kier molecular flexibility index (Phi) is 8.36. The molecule has 0 bridgehead atoms. The third-order valence-electron chi connectivity index (χ3n) is 8.83. The van der Waals surface area contributed by atoms with Crippen molar-refractivity contribution in [2.75, 3.05) is 20.8 Å². The fourth-order valence-corrected chi connectivity index (χ4v) is 5.91. The highest BCUT2D eigenvalue weighted by atomic mass is 19.1. The standard InChI is InChI=1S/C29H43FN2O5/c1-28(2)11-7-18(8-12-28)37-25-15-21(24(36-5)16-22(25)30)27(34)32-23-14-19(35-4)13-20(23)26(33)31-17-29(3)9-6-10-29/h15-16,18-20,23H,6-14,17H2,1-5H3,(H,31,33)(H,32,34)/t19-,20-,23+/m0/s1. The highest BCUT2D eigenvalue weighted by Crippen LogP contribution is 2.40. The van der Waals surface area contributed by atoms with Gasteiger partial charge in [0, 0.05) is 25.8 Å². The van der Waals surface area contributed by atoms with Gasteiger partial charge in [0.25, 0.3) is 5.91 Å². The number of ether oxygens (including phenoxy) is 3. The van der Waals surface area contributed by atoms with Crippen LogP contribution < -0.4 is 20.1 Å². The lowest BCUT2D eigenvalue weighted by atomic mass is 9.70. The Bertz CT molecular complexity index is 983. The minimum Gasteiger partial charge on any atom is -0.496 e. The Hall–Kier alpha value is -2.35. The Morgan fingerprint density at radius 3 is 2.30 bits per heavy atom. The summed E-state index contributed by atoms with van der Waals surface area (Å²) in [5, 5.41) is 6.12. The van der Waals surface area contributed by atoms with Gasteiger partial charge in [-0.25, -0.2) is 4.39 Å². The summed E-state index contributed by atoms with van der Waals surface area (Å²) < 4.78 is 31.8. The molecule has 1 aromatic carbocycles. The van der Waals surface area contributed by atoms with Crippen LogP contribution in [0, 0.1) is 22.6 Å². The van der Waals surface area contributed by atoms with Gasteiger partial charge >= 0.3 is 0 Å². The number of hydrogen-bond acceptors (Lipinski definition) is 5. The van der Waals surface area contributed by atoms with E-state index in [1.807, 2.05) is 0 Å². The molecule has 0 heterocycles. The third kappa shape index (κ3) is 6.57. The van der Waals surface area contributed by atoms with Crippen molar-refractivity contribution in [3.63, 3.8) is 0 Å². The van der Waals surface area contributed by atoms with Crippen LogP contribution in [0.1, 0.15) is 88.9 Å². The number of methoxy groups -OCH3 is 2. The zero-order valence-corrected chi connectivity index (χ0v) is 23.0. The zero-order chi connectivity index (χ0) is 26.8. The summed E-state index contributed by atoms with van der Waals surface area (Å²) in [6.45, 7) is 7.30. The molecule has 3 aliphatic carbocycles. The SMILES string of the molecule is COc1cc(F)c(OC2CCC(C)(C)CC2)cc1C(=O)N[C@@H]1C[C@@H](OC)C[C@@H]1C(=O)NCC1(C)CCC1. The third-order valence-corrected chi connectivity index (χ3v) is 8.83. The maximum atomic E-state index is 14.9. The number of amides is 2. The smallest absolute Gasteiger partial charge is 0.255 e. The lowest BCUT2D eigenvalue weighted by Crippen LogP contribution is -2.47. The molecule has 2 amide bonds. The number of carbonyl (C=O) groups is 2. The van der Waals surface area contributed by atoms with Gasteiger partial charge in [0.1, 0.15) is 5.75 Å². The van der Waals surface area contributed by atoms with Crippen molar-refractivity contribution in [2.45, 2.75) is 96.8 Å². The molecule has 0 aliphatic heterocycles. The average Bonchev–Trinajstić information content (AvgIpc) is 3.26. The maximum Gasteiger partial charge on any atom is 0.255 e. The number of benzene rings is 1. The lowest BCUT2D eigenvalue weighted by molar-refractivity contribution is -0.126. The number of rotatable bonds is 9. The summed E-state index contributed by atoms with van der Waals surface area (Å²) in [5.74, 6) is -1.25. The van der Waals surface area contributed by atoms with Crippen molar-refractivity contribution in [3.05, 3.63) is 23.5 Å². The lowest BCUT2D eigenvalue weighted by Gasteiger charge is -2.38. The van der Waals surface area contributed by atoms with Gasteiger partial charge in [0.05, 0.1) is 30.8 Å². The summed E-state index contributed by atoms with van der Waals surface area (Å²) in [5.41, 5.74) is 0.625. The van der Waals surface area contributed by atoms with Crippen LogP contribution >= 0.6 is 0 Å². The number of nitrogens with one attached hydrogen (secondary N) is 2. The van der Waals surface area contributed by atoms with E-state index in [2.05, 4.69) is 31.4 Å². The predicted molar refractivity (Wildman–Crippen MR) is 139 cm³/mol. The summed E-state index contributed by atoms with van der Waals surface area (Å²) in [6, 6.07) is 2.23. The number of hydrogen-bond donors (Lipinski definition) is 2. The number of carbonyl (C=O) groups excluding carboxylic acids is 2. The van der Waals surface area contributed by atoms with E-state index >= 15 is 0 Å². The van der Waals surface area contributed by atoms with Gasteiger partial charge in [-0.2, -0.15) is 0 Å². The minimum absolute atomic E-state index is 0.0554. The summed E-state index contributed by atoms with van der Waals surface area (Å²) in [6.07, 6.45) is 8.00. The molecule has 1 aromatic rings. The Balaban J connectivity index is 1.46. The van der Waals surface area contributed by atoms with Crippen LogP contribution in [-0.2, 0) is 9.53 Å². The predicted octanol–water partition coefficient (Wildman–Crippen LogP) is 5.01. The van der Waals surface area contributed by atoms with Crippen LogP contribution in [0.2, 0.25) is 0 Å². The molecule has 0 saturated heterocycles. The molecule has 37 heavy (non-hydrogen) atoms. The van der Waals surface area contributed by atoms with Gasteiger partial charge in [-0.1, -0.05) is 27.2 Å². The molecule has 0 spiro atoms. The molecule has 3 fully saturated rings. The van der Waals surface area contributed by atoms with Crippen molar-refractivity contribution in [2.24, 2.45) is 16.7 Å². The molecule has 3 saturated carbocycles. The first-order valence-corrected chi connectivity index (χ1v) is 13.7. The number of halogens is 1. The Morgan fingerprint density at radius 1 is 1.00 bits per heavy atom. The second-order valence-electron chi connectivity index (χ2n) is 12.4. The molecular weight excluding hydrogens is 475 g/mol. The maximum absolute atomic E-state index is 14.9. The van der Waals surface area contributed by atoms with Gasteiger partial charge in [0.2, 0.25) is 5.91 Å². The van der Waals surface area contributed by atoms with Crippen molar-refractivity contribution in [1.29, 1.82) is 0 Å². The fraction of sp³-hybridized carbons (Fsp3) is 0.724. The summed E-state index contributed by atoms with van der Waals surface area (Å²) >= 11 is 0. The molecule has 206 valence electrons. The Labute approximate surface area is 220 Å². The highest BCUT2D eigenvalue weighted by molar-refractivity contribution is 5.98. The van der Waals surface area contributed by atoms with E-state index in [1.165, 1.54) is 25.7 Å². The molecule has 3 atom stereocenters. The molecule has 0 radical (unpaired) electrons. The van der Waals surface area contributed by atoms with Gasteiger partial charge in [0.15, 0.2) is 11.6 Å². The quantitative estimate of drug-likeness (QED) is 0.480. The van der Waals surface area contributed by atoms with Crippen LogP contribution in [0.3, 0.4) is 0 Å². The summed E-state index contributed by atoms with van der Waals surface area (Å²) in [7, 11) is 3.03. The normalized spacial score (nSPS) is 26.7. The van der Waals surface area contributed by atoms with E-state index in [9.17, 15) is 14.0 Å². The van der Waals surface area contributed by atoms with Crippen LogP contribution in [0.4, 0.5) is 4.39 Å². The van der Waals surface area contributed by atoms with E-state index in [0.717, 1.165) is 38.5 Å². The van der Waals surface area contributed by atoms with Gasteiger partial charge in [-0.05, 0) is 68.3 Å². The Morgan fingerprint density at radius 2 is 1.70 bits per heavy atom. The van der Waals surface area contributed by atoms with E-state index in [0.29, 0.717) is 19.4 Å². The molecular formula is C29H43FN2O5. The van der Waals surface area contributed by atoms with Crippen molar-refractivity contribution < 1.29 is 28.2 Å². The first kappa shape index (κ1) is 27.7. The van der Waals surface area contributed by atoms with Gasteiger partial charge in [-0.3, -0.25) is 9.59 Å². The molecule has 8 heteroatoms. The van der Waals surface area contributed by atoms with E-state index < -0.39 is 23.7 Å². The topological polar surface area (TPSA) is 85.9 Å². The first-order valence-electron chi connectivity index (χ1n) is 13.7. The molecule has 0 aromatic heterocycles. The van der Waals surface area contributed by atoms with E-state index in [1.54, 1.807) is 7.11 Å². The molecule has 4 rings (SSSR count). The molecule has 0 unspecified atom stereocenters. The van der Waals surface area contributed by atoms with Crippen molar-refractivity contribution in [1.82, 2.24) is 10.6 Å². The van der Waals surface area contributed by atoms with Crippen LogP contribution in [0.5, 0.6) is 11.5 Å². The van der Waals surface area contributed by atoms with Crippen LogP contribution in [-0.4, -0.2) is 50.8 Å².